The number of hydrogen-bond acceptors (Lipinski definition) is 4. The van der Waals surface area contributed by atoms with E-state index in [2.05, 4.69) is 0 Å². The van der Waals surface area contributed by atoms with Gasteiger partial charge in [-0.3, -0.25) is 4.79 Å². The second kappa shape index (κ2) is 5.57. The molecule has 1 aliphatic heterocycles. The number of hydrogen-bond donors (Lipinski definition) is 1. The van der Waals surface area contributed by atoms with E-state index in [1.807, 2.05) is 0 Å². The fourth-order valence-electron chi connectivity index (χ4n) is 1.86. The van der Waals surface area contributed by atoms with Crippen LogP contribution in [0.5, 0.6) is 0 Å². The minimum absolute atomic E-state index is 0.0443. The number of aliphatic hydroxyl groups is 1. The Morgan fingerprint density at radius 3 is 2.28 bits per heavy atom. The number of rotatable bonds is 4. The van der Waals surface area contributed by atoms with E-state index in [9.17, 15) is 18.3 Å². The fraction of sp³-hybridized carbons (Fsp3) is 0.917. The van der Waals surface area contributed by atoms with E-state index < -0.39 is 20.7 Å². The Morgan fingerprint density at radius 1 is 1.33 bits per heavy atom. The lowest BCUT2D eigenvalue weighted by Crippen LogP contribution is -2.45. The second-order valence-electron chi connectivity index (χ2n) is 5.54. The van der Waals surface area contributed by atoms with Crippen molar-refractivity contribution < 1.29 is 18.3 Å². The van der Waals surface area contributed by atoms with Crippen molar-refractivity contribution in [2.24, 2.45) is 0 Å². The SMILES string of the molecule is CC(C)S(=O)(=O)CCC(=O)N1CCC(C)(O)CC1. The minimum atomic E-state index is -3.15. The molecule has 5 nitrogen and oxygen atoms in total. The summed E-state index contributed by atoms with van der Waals surface area (Å²) >= 11 is 0. The molecule has 0 aromatic carbocycles. The summed E-state index contributed by atoms with van der Waals surface area (Å²) in [4.78, 5) is 13.5. The molecule has 18 heavy (non-hydrogen) atoms. The lowest BCUT2D eigenvalue weighted by atomic mass is 9.94. The highest BCUT2D eigenvalue weighted by molar-refractivity contribution is 7.91. The fourth-order valence-corrected chi connectivity index (χ4v) is 2.79. The van der Waals surface area contributed by atoms with E-state index in [-0.39, 0.29) is 18.1 Å². The Morgan fingerprint density at radius 2 is 1.83 bits per heavy atom. The van der Waals surface area contributed by atoms with Crippen LogP contribution in [-0.2, 0) is 14.6 Å². The number of nitrogens with zero attached hydrogens (tertiary/aromatic N) is 1. The maximum Gasteiger partial charge on any atom is 0.223 e. The molecule has 0 atom stereocenters. The molecule has 106 valence electrons. The molecule has 1 N–H and O–H groups in total. The summed E-state index contributed by atoms with van der Waals surface area (Å²) in [5.74, 6) is -0.217. The molecule has 1 amide bonds. The number of carbonyl (C=O) groups excluding carboxylic acids is 1. The zero-order valence-electron chi connectivity index (χ0n) is 11.3. The van der Waals surface area contributed by atoms with Crippen molar-refractivity contribution in [1.29, 1.82) is 0 Å². The Balaban J connectivity index is 2.44. The molecule has 0 saturated carbocycles. The molecule has 1 saturated heterocycles. The summed E-state index contributed by atoms with van der Waals surface area (Å²) in [6, 6.07) is 0. The summed E-state index contributed by atoms with van der Waals surface area (Å²) in [5.41, 5.74) is -0.694. The van der Waals surface area contributed by atoms with Crippen LogP contribution in [0, 0.1) is 0 Å². The van der Waals surface area contributed by atoms with Crippen LogP contribution in [0.3, 0.4) is 0 Å². The van der Waals surface area contributed by atoms with Crippen LogP contribution < -0.4 is 0 Å². The molecule has 6 heteroatoms. The van der Waals surface area contributed by atoms with Crippen molar-refractivity contribution in [3.05, 3.63) is 0 Å². The van der Waals surface area contributed by atoms with Gasteiger partial charge in [-0.15, -0.1) is 0 Å². The van der Waals surface area contributed by atoms with E-state index in [1.165, 1.54) is 0 Å². The van der Waals surface area contributed by atoms with Gasteiger partial charge in [0.2, 0.25) is 5.91 Å². The first-order valence-electron chi connectivity index (χ1n) is 6.36. The van der Waals surface area contributed by atoms with Gasteiger partial charge in [-0.05, 0) is 33.6 Å². The highest BCUT2D eigenvalue weighted by Gasteiger charge is 2.30. The smallest absolute Gasteiger partial charge is 0.223 e. The van der Waals surface area contributed by atoms with Crippen LogP contribution in [0.25, 0.3) is 0 Å². The highest BCUT2D eigenvalue weighted by atomic mass is 32.2. The molecule has 0 bridgehead atoms. The normalized spacial score (nSPS) is 20.2. The van der Waals surface area contributed by atoms with Crippen LogP contribution in [0.4, 0.5) is 0 Å². The first kappa shape index (κ1) is 15.4. The van der Waals surface area contributed by atoms with Gasteiger partial charge in [0.1, 0.15) is 0 Å². The van der Waals surface area contributed by atoms with Gasteiger partial charge in [-0.25, -0.2) is 8.42 Å². The second-order valence-corrected chi connectivity index (χ2v) is 8.22. The zero-order chi connectivity index (χ0) is 14.0. The number of sulfone groups is 1. The van der Waals surface area contributed by atoms with Gasteiger partial charge in [-0.2, -0.15) is 0 Å². The molecule has 1 heterocycles. The Hall–Kier alpha value is -0.620. The van der Waals surface area contributed by atoms with E-state index in [0.717, 1.165) is 0 Å². The van der Waals surface area contributed by atoms with Crippen LogP contribution in [0.15, 0.2) is 0 Å². The van der Waals surface area contributed by atoms with Gasteiger partial charge in [-0.1, -0.05) is 0 Å². The molecule has 1 fully saturated rings. The van der Waals surface area contributed by atoms with E-state index in [4.69, 9.17) is 0 Å². The Bertz CT molecular complexity index is 390. The predicted molar refractivity (Wildman–Crippen MR) is 70.0 cm³/mol. The minimum Gasteiger partial charge on any atom is -0.390 e. The quantitative estimate of drug-likeness (QED) is 0.815. The van der Waals surface area contributed by atoms with Crippen molar-refractivity contribution in [2.75, 3.05) is 18.8 Å². The summed E-state index contributed by atoms with van der Waals surface area (Å²) in [6.07, 6.45) is 1.15. The van der Waals surface area contributed by atoms with Crippen molar-refractivity contribution in [2.45, 2.75) is 50.9 Å². The molecule has 0 aliphatic carbocycles. The van der Waals surface area contributed by atoms with Crippen LogP contribution in [-0.4, -0.2) is 54.0 Å². The lowest BCUT2D eigenvalue weighted by molar-refractivity contribution is -0.134. The molecule has 0 unspecified atom stereocenters. The average Bonchev–Trinajstić information content (AvgIpc) is 2.25. The number of amides is 1. The molecule has 1 rings (SSSR count). The Kier molecular flexibility index (Phi) is 4.78. The molecule has 0 radical (unpaired) electrons. The molecular formula is C12H23NO4S. The number of piperidine rings is 1. The lowest BCUT2D eigenvalue weighted by Gasteiger charge is -2.35. The van der Waals surface area contributed by atoms with E-state index in [0.29, 0.717) is 25.9 Å². The third kappa shape index (κ3) is 4.24. The van der Waals surface area contributed by atoms with Crippen molar-refractivity contribution >= 4 is 15.7 Å². The van der Waals surface area contributed by atoms with Crippen LogP contribution in [0.1, 0.15) is 40.0 Å². The molecular weight excluding hydrogens is 254 g/mol. The van der Waals surface area contributed by atoms with Crippen molar-refractivity contribution in [3.8, 4) is 0 Å². The first-order chi connectivity index (χ1) is 8.14. The first-order valence-corrected chi connectivity index (χ1v) is 8.07. The van der Waals surface area contributed by atoms with Crippen molar-refractivity contribution in [3.63, 3.8) is 0 Å². The van der Waals surface area contributed by atoms with Gasteiger partial charge in [0.05, 0.1) is 16.6 Å². The largest absolute Gasteiger partial charge is 0.390 e. The maximum atomic E-state index is 11.9. The molecule has 0 spiro atoms. The maximum absolute atomic E-state index is 11.9. The van der Waals surface area contributed by atoms with Gasteiger partial charge in [0.25, 0.3) is 0 Å². The van der Waals surface area contributed by atoms with Gasteiger partial charge >= 0.3 is 0 Å². The standard InChI is InChI=1S/C12H23NO4S/c1-10(2)18(16,17)9-4-11(14)13-7-5-12(3,15)6-8-13/h10,15H,4-9H2,1-3H3. The number of likely N-dealkylation sites (tertiary alicyclic amines) is 1. The van der Waals surface area contributed by atoms with Gasteiger partial charge < -0.3 is 10.0 Å². The van der Waals surface area contributed by atoms with Crippen LogP contribution >= 0.6 is 0 Å². The van der Waals surface area contributed by atoms with Gasteiger partial charge in [0, 0.05) is 19.5 Å². The third-order valence-corrected chi connectivity index (χ3v) is 5.72. The van der Waals surface area contributed by atoms with E-state index >= 15 is 0 Å². The summed E-state index contributed by atoms with van der Waals surface area (Å²) in [5, 5.41) is 9.33. The van der Waals surface area contributed by atoms with Crippen LogP contribution in [0.2, 0.25) is 0 Å². The Labute approximate surface area is 109 Å². The average molecular weight is 277 g/mol. The monoisotopic (exact) mass is 277 g/mol. The summed E-state index contributed by atoms with van der Waals surface area (Å²) in [7, 11) is -3.15. The van der Waals surface area contributed by atoms with E-state index in [1.54, 1.807) is 25.7 Å². The molecule has 0 aromatic rings. The number of carbonyl (C=O) groups is 1. The zero-order valence-corrected chi connectivity index (χ0v) is 12.2. The molecule has 1 aliphatic rings. The topological polar surface area (TPSA) is 74.7 Å². The highest BCUT2D eigenvalue weighted by Crippen LogP contribution is 2.21. The third-order valence-electron chi connectivity index (χ3n) is 3.51. The van der Waals surface area contributed by atoms with Gasteiger partial charge in [0.15, 0.2) is 9.84 Å². The molecule has 0 aromatic heterocycles. The summed E-state index contributed by atoms with van der Waals surface area (Å²) < 4.78 is 23.2. The van der Waals surface area contributed by atoms with Crippen molar-refractivity contribution in [1.82, 2.24) is 4.90 Å². The predicted octanol–water partition coefficient (Wildman–Crippen LogP) is 0.573. The summed E-state index contributed by atoms with van der Waals surface area (Å²) in [6.45, 7) is 6.02.